The Hall–Kier alpha value is -0.480. The second-order valence-corrected chi connectivity index (χ2v) is 5.50. The van der Waals surface area contributed by atoms with E-state index in [1.54, 1.807) is 18.2 Å². The number of hydrogen-bond acceptors (Lipinski definition) is 3. The van der Waals surface area contributed by atoms with Crippen molar-refractivity contribution in [2.24, 2.45) is 11.7 Å². The van der Waals surface area contributed by atoms with Crippen molar-refractivity contribution in [2.75, 3.05) is 0 Å². The highest BCUT2D eigenvalue weighted by Crippen LogP contribution is 2.36. The summed E-state index contributed by atoms with van der Waals surface area (Å²) in [5.41, 5.74) is 6.60. The molecule has 0 spiro atoms. The van der Waals surface area contributed by atoms with Crippen LogP contribution in [0.25, 0.3) is 0 Å². The molecule has 0 unspecified atom stereocenters. The lowest BCUT2D eigenvalue weighted by Crippen LogP contribution is -2.34. The predicted octanol–water partition coefficient (Wildman–Crippen LogP) is 3.41. The van der Waals surface area contributed by atoms with Crippen LogP contribution in [0.15, 0.2) is 18.2 Å². The topological polar surface area (TPSA) is 66.5 Å². The predicted molar refractivity (Wildman–Crippen MR) is 79.9 cm³/mol. The molecule has 19 heavy (non-hydrogen) atoms. The highest BCUT2D eigenvalue weighted by molar-refractivity contribution is 6.32. The minimum Gasteiger partial charge on any atom is -0.506 e. The maximum atomic E-state index is 10.3. The summed E-state index contributed by atoms with van der Waals surface area (Å²) in [7, 11) is 0. The molecule has 108 valence electrons. The minimum absolute atomic E-state index is 0. The van der Waals surface area contributed by atoms with Crippen molar-refractivity contribution >= 4 is 24.0 Å². The molecule has 0 aliphatic heterocycles. The summed E-state index contributed by atoms with van der Waals surface area (Å²) in [5, 5.41) is 20.5. The zero-order valence-electron chi connectivity index (χ0n) is 10.8. The Morgan fingerprint density at radius 2 is 1.84 bits per heavy atom. The van der Waals surface area contributed by atoms with Gasteiger partial charge in [0.2, 0.25) is 0 Å². The van der Waals surface area contributed by atoms with Crippen molar-refractivity contribution < 1.29 is 10.2 Å². The molecule has 3 nitrogen and oxygen atoms in total. The summed E-state index contributed by atoms with van der Waals surface area (Å²) in [6.45, 7) is 0. The molecule has 1 aliphatic rings. The van der Waals surface area contributed by atoms with E-state index in [2.05, 4.69) is 0 Å². The van der Waals surface area contributed by atoms with Crippen LogP contribution in [0.4, 0.5) is 0 Å². The molecule has 0 radical (unpaired) electrons. The first kappa shape index (κ1) is 16.6. The maximum Gasteiger partial charge on any atom is 0.139 e. The van der Waals surface area contributed by atoms with Crippen molar-refractivity contribution in [1.82, 2.24) is 0 Å². The van der Waals surface area contributed by atoms with Crippen molar-refractivity contribution in [1.29, 1.82) is 0 Å². The Kier molecular flexibility index (Phi) is 6.40. The molecule has 0 amide bonds. The summed E-state index contributed by atoms with van der Waals surface area (Å²) in [6, 6.07) is 4.50. The van der Waals surface area contributed by atoms with Gasteiger partial charge in [0.1, 0.15) is 5.75 Å². The lowest BCUT2D eigenvalue weighted by molar-refractivity contribution is 0.0611. The van der Waals surface area contributed by atoms with Gasteiger partial charge in [0.05, 0.1) is 17.2 Å². The molecule has 2 rings (SSSR count). The van der Waals surface area contributed by atoms with Crippen molar-refractivity contribution in [3.05, 3.63) is 28.8 Å². The summed E-state index contributed by atoms with van der Waals surface area (Å²) in [6.07, 6.45) is 4.94. The number of nitrogens with two attached hydrogens (primary N) is 1. The molecule has 0 bridgehead atoms. The number of halogens is 2. The molecular formula is C14H21Cl2NO2. The van der Waals surface area contributed by atoms with Gasteiger partial charge in [-0.1, -0.05) is 43.0 Å². The van der Waals surface area contributed by atoms with Crippen LogP contribution in [-0.2, 0) is 0 Å². The van der Waals surface area contributed by atoms with Gasteiger partial charge in [-0.05, 0) is 24.8 Å². The Labute approximate surface area is 125 Å². The lowest BCUT2D eigenvalue weighted by atomic mass is 9.81. The van der Waals surface area contributed by atoms with Crippen LogP contribution in [0.1, 0.15) is 43.7 Å². The summed E-state index contributed by atoms with van der Waals surface area (Å²) in [4.78, 5) is 0. The fourth-order valence-electron chi connectivity index (χ4n) is 2.75. The number of phenols is 1. The number of rotatable bonds is 3. The van der Waals surface area contributed by atoms with E-state index in [-0.39, 0.29) is 29.1 Å². The van der Waals surface area contributed by atoms with Crippen LogP contribution in [0.3, 0.4) is 0 Å². The van der Waals surface area contributed by atoms with Gasteiger partial charge >= 0.3 is 0 Å². The van der Waals surface area contributed by atoms with Crippen LogP contribution >= 0.6 is 24.0 Å². The van der Waals surface area contributed by atoms with Crippen LogP contribution in [-0.4, -0.2) is 16.3 Å². The fourth-order valence-corrected chi connectivity index (χ4v) is 2.94. The largest absolute Gasteiger partial charge is 0.506 e. The Morgan fingerprint density at radius 3 is 2.47 bits per heavy atom. The average Bonchev–Trinajstić information content (AvgIpc) is 2.41. The monoisotopic (exact) mass is 305 g/mol. The molecule has 0 saturated heterocycles. The number of para-hydroxylation sites is 1. The first-order valence-electron chi connectivity index (χ1n) is 6.52. The van der Waals surface area contributed by atoms with E-state index in [1.165, 1.54) is 6.42 Å². The summed E-state index contributed by atoms with van der Waals surface area (Å²) >= 11 is 5.86. The van der Waals surface area contributed by atoms with Gasteiger partial charge in [0.15, 0.2) is 0 Å². The van der Waals surface area contributed by atoms with Crippen molar-refractivity contribution in [3.63, 3.8) is 0 Å². The van der Waals surface area contributed by atoms with Crippen LogP contribution < -0.4 is 5.73 Å². The molecule has 1 saturated carbocycles. The molecule has 5 heteroatoms. The van der Waals surface area contributed by atoms with E-state index in [0.717, 1.165) is 25.7 Å². The molecule has 4 N–H and O–H groups in total. The van der Waals surface area contributed by atoms with E-state index >= 15 is 0 Å². The first-order chi connectivity index (χ1) is 8.61. The third-order valence-electron chi connectivity index (χ3n) is 3.88. The molecular weight excluding hydrogens is 285 g/mol. The van der Waals surface area contributed by atoms with Crippen molar-refractivity contribution in [2.45, 2.75) is 44.2 Å². The van der Waals surface area contributed by atoms with Gasteiger partial charge in [-0.3, -0.25) is 0 Å². The third-order valence-corrected chi connectivity index (χ3v) is 4.18. The van der Waals surface area contributed by atoms with E-state index in [0.29, 0.717) is 5.56 Å². The molecule has 1 aromatic rings. The van der Waals surface area contributed by atoms with Gasteiger partial charge < -0.3 is 15.9 Å². The Balaban J connectivity index is 0.00000180. The van der Waals surface area contributed by atoms with Gasteiger partial charge in [-0.15, -0.1) is 12.4 Å². The summed E-state index contributed by atoms with van der Waals surface area (Å²) < 4.78 is 0. The number of aliphatic hydroxyl groups is 1. The molecule has 2 atom stereocenters. The van der Waals surface area contributed by atoms with Crippen LogP contribution in [0, 0.1) is 5.92 Å². The van der Waals surface area contributed by atoms with Gasteiger partial charge in [-0.2, -0.15) is 0 Å². The number of benzene rings is 1. The second-order valence-electron chi connectivity index (χ2n) is 5.09. The standard InChI is InChI=1S/C14H20ClNO2.ClH/c15-11-8-4-7-10(14(11)18)12(16)13(17)9-5-2-1-3-6-9;/h4,7-9,12-13,17-18H,1-3,5-6,16H2;1H/t12-,13+;/m0./s1. The number of hydrogen-bond donors (Lipinski definition) is 3. The average molecular weight is 306 g/mol. The fraction of sp³-hybridized carbons (Fsp3) is 0.571. The third kappa shape index (κ3) is 3.76. The minimum atomic E-state index is -0.616. The highest BCUT2D eigenvalue weighted by Gasteiger charge is 2.29. The van der Waals surface area contributed by atoms with E-state index in [4.69, 9.17) is 17.3 Å². The zero-order valence-corrected chi connectivity index (χ0v) is 12.3. The van der Waals surface area contributed by atoms with Crippen LogP contribution in [0.5, 0.6) is 5.75 Å². The lowest BCUT2D eigenvalue weighted by Gasteiger charge is -2.30. The number of aromatic hydroxyl groups is 1. The van der Waals surface area contributed by atoms with E-state index in [9.17, 15) is 10.2 Å². The highest BCUT2D eigenvalue weighted by atomic mass is 35.5. The molecule has 0 aromatic heterocycles. The van der Waals surface area contributed by atoms with Gasteiger partial charge in [0, 0.05) is 5.56 Å². The maximum absolute atomic E-state index is 10.3. The van der Waals surface area contributed by atoms with E-state index in [1.807, 2.05) is 0 Å². The smallest absolute Gasteiger partial charge is 0.139 e. The molecule has 0 heterocycles. The summed E-state index contributed by atoms with van der Waals surface area (Å²) in [5.74, 6) is 0.216. The number of phenolic OH excluding ortho intramolecular Hbond substituents is 1. The quantitative estimate of drug-likeness (QED) is 0.801. The van der Waals surface area contributed by atoms with Crippen molar-refractivity contribution in [3.8, 4) is 5.75 Å². The normalized spacial score (nSPS) is 19.5. The zero-order chi connectivity index (χ0) is 13.1. The second kappa shape index (κ2) is 7.34. The van der Waals surface area contributed by atoms with E-state index < -0.39 is 12.1 Å². The Bertz CT molecular complexity index is 408. The molecule has 1 aromatic carbocycles. The first-order valence-corrected chi connectivity index (χ1v) is 6.90. The molecule has 1 fully saturated rings. The van der Waals surface area contributed by atoms with Crippen LogP contribution in [0.2, 0.25) is 5.02 Å². The van der Waals surface area contributed by atoms with Gasteiger partial charge in [-0.25, -0.2) is 0 Å². The Morgan fingerprint density at radius 1 is 1.21 bits per heavy atom. The van der Waals surface area contributed by atoms with Gasteiger partial charge in [0.25, 0.3) is 0 Å². The number of aliphatic hydroxyl groups excluding tert-OH is 1. The molecule has 1 aliphatic carbocycles. The SMILES string of the molecule is Cl.N[C@@H](c1cccc(Cl)c1O)[C@H](O)C1CCCCC1.